The summed E-state index contributed by atoms with van der Waals surface area (Å²) in [4.78, 5) is 14.6. The molecule has 0 amide bonds. The van der Waals surface area contributed by atoms with Gasteiger partial charge >= 0.3 is 5.69 Å². The van der Waals surface area contributed by atoms with Gasteiger partial charge in [0.25, 0.3) is 0 Å². The molecule has 0 saturated carbocycles. The Kier molecular flexibility index (Phi) is 5.03. The predicted octanol–water partition coefficient (Wildman–Crippen LogP) is 3.53. The van der Waals surface area contributed by atoms with Crippen LogP contribution in [0.4, 0.5) is 11.5 Å². The molecule has 3 aromatic rings. The lowest BCUT2D eigenvalue weighted by Gasteiger charge is -2.05. The second-order valence-corrected chi connectivity index (χ2v) is 5.68. The van der Waals surface area contributed by atoms with Crippen molar-refractivity contribution in [2.75, 3.05) is 11.9 Å². The Bertz CT molecular complexity index is 861. The molecule has 0 unspecified atom stereocenters. The van der Waals surface area contributed by atoms with Crippen molar-refractivity contribution >= 4 is 11.5 Å². The highest BCUT2D eigenvalue weighted by atomic mass is 16.6. The Labute approximate surface area is 145 Å². The van der Waals surface area contributed by atoms with Crippen LogP contribution in [0.15, 0.2) is 54.9 Å². The standard InChI is InChI=1S/C18H19N5O2/c1-14-15(13-22(21-14)16-8-3-2-4-9-16)7-5-11-19-18-17(23(24)25)10-6-12-20-18/h2-4,6,8-10,12-13H,5,7,11H2,1H3,(H,19,20). The molecule has 0 spiro atoms. The number of aryl methyl sites for hydroxylation is 2. The number of para-hydroxylation sites is 1. The zero-order valence-electron chi connectivity index (χ0n) is 13.9. The predicted molar refractivity (Wildman–Crippen MR) is 96.0 cm³/mol. The van der Waals surface area contributed by atoms with Crippen LogP contribution in [0.5, 0.6) is 0 Å². The van der Waals surface area contributed by atoms with Crippen molar-refractivity contribution in [2.24, 2.45) is 0 Å². The van der Waals surface area contributed by atoms with Crippen molar-refractivity contribution < 1.29 is 4.92 Å². The maximum Gasteiger partial charge on any atom is 0.311 e. The molecule has 0 fully saturated rings. The fraction of sp³-hybridized carbons (Fsp3) is 0.222. The van der Waals surface area contributed by atoms with Gasteiger partial charge in [-0.05, 0) is 43.5 Å². The molecule has 7 nitrogen and oxygen atoms in total. The van der Waals surface area contributed by atoms with Crippen LogP contribution in [0, 0.1) is 17.0 Å². The molecule has 128 valence electrons. The Hall–Kier alpha value is -3.22. The summed E-state index contributed by atoms with van der Waals surface area (Å²) in [6.45, 7) is 2.60. The van der Waals surface area contributed by atoms with Gasteiger partial charge in [0.05, 0.1) is 16.3 Å². The van der Waals surface area contributed by atoms with Crippen LogP contribution in [0.1, 0.15) is 17.7 Å². The van der Waals surface area contributed by atoms with Crippen LogP contribution in [0.3, 0.4) is 0 Å². The molecule has 3 rings (SSSR count). The van der Waals surface area contributed by atoms with Gasteiger partial charge in [0, 0.05) is 25.0 Å². The van der Waals surface area contributed by atoms with E-state index in [1.807, 2.05) is 48.1 Å². The molecule has 1 aromatic carbocycles. The second-order valence-electron chi connectivity index (χ2n) is 5.68. The third-order valence-corrected chi connectivity index (χ3v) is 3.92. The second kappa shape index (κ2) is 7.57. The minimum atomic E-state index is -0.427. The fourth-order valence-corrected chi connectivity index (χ4v) is 2.62. The number of nitrogens with one attached hydrogen (secondary N) is 1. The first-order valence-electron chi connectivity index (χ1n) is 8.09. The highest BCUT2D eigenvalue weighted by Crippen LogP contribution is 2.20. The topological polar surface area (TPSA) is 85.9 Å². The number of rotatable bonds is 7. The van der Waals surface area contributed by atoms with Crippen molar-refractivity contribution in [1.82, 2.24) is 14.8 Å². The van der Waals surface area contributed by atoms with E-state index in [2.05, 4.69) is 15.4 Å². The number of benzene rings is 1. The van der Waals surface area contributed by atoms with E-state index >= 15 is 0 Å². The molecular formula is C18H19N5O2. The van der Waals surface area contributed by atoms with E-state index in [4.69, 9.17) is 0 Å². The van der Waals surface area contributed by atoms with Gasteiger partial charge in [-0.1, -0.05) is 18.2 Å². The number of anilines is 1. The zero-order valence-corrected chi connectivity index (χ0v) is 13.9. The summed E-state index contributed by atoms with van der Waals surface area (Å²) in [5, 5.41) is 18.6. The third-order valence-electron chi connectivity index (χ3n) is 3.92. The molecular weight excluding hydrogens is 318 g/mol. The van der Waals surface area contributed by atoms with Crippen LogP contribution in [0.2, 0.25) is 0 Å². The molecule has 0 bridgehead atoms. The normalized spacial score (nSPS) is 10.6. The van der Waals surface area contributed by atoms with E-state index in [-0.39, 0.29) is 5.69 Å². The molecule has 0 aliphatic rings. The first-order chi connectivity index (χ1) is 12.1. The molecule has 0 aliphatic heterocycles. The van der Waals surface area contributed by atoms with E-state index < -0.39 is 4.92 Å². The third kappa shape index (κ3) is 4.00. The Morgan fingerprint density at radius 2 is 2.00 bits per heavy atom. The summed E-state index contributed by atoms with van der Waals surface area (Å²) in [6.07, 6.45) is 5.25. The van der Waals surface area contributed by atoms with Crippen molar-refractivity contribution in [1.29, 1.82) is 0 Å². The van der Waals surface area contributed by atoms with E-state index in [9.17, 15) is 10.1 Å². The number of nitro groups is 1. The highest BCUT2D eigenvalue weighted by Gasteiger charge is 2.13. The molecule has 2 aromatic heterocycles. The molecule has 1 N–H and O–H groups in total. The van der Waals surface area contributed by atoms with E-state index in [1.54, 1.807) is 12.3 Å². The van der Waals surface area contributed by atoms with Gasteiger partial charge < -0.3 is 5.32 Å². The molecule has 2 heterocycles. The maximum atomic E-state index is 11.0. The number of aromatic nitrogens is 3. The largest absolute Gasteiger partial charge is 0.364 e. The summed E-state index contributed by atoms with van der Waals surface area (Å²) >= 11 is 0. The lowest BCUT2D eigenvalue weighted by molar-refractivity contribution is -0.384. The van der Waals surface area contributed by atoms with Gasteiger partial charge in [0.15, 0.2) is 0 Å². The lowest BCUT2D eigenvalue weighted by Crippen LogP contribution is -2.07. The first-order valence-corrected chi connectivity index (χ1v) is 8.09. The molecule has 7 heteroatoms. The van der Waals surface area contributed by atoms with Crippen LogP contribution < -0.4 is 5.32 Å². The van der Waals surface area contributed by atoms with Crippen molar-refractivity contribution in [3.8, 4) is 5.69 Å². The Morgan fingerprint density at radius 1 is 1.20 bits per heavy atom. The summed E-state index contributed by atoms with van der Waals surface area (Å²) in [5.74, 6) is 0.309. The summed E-state index contributed by atoms with van der Waals surface area (Å²) in [5.41, 5.74) is 3.18. The number of nitrogens with zero attached hydrogens (tertiary/aromatic N) is 4. The van der Waals surface area contributed by atoms with Gasteiger partial charge in [-0.3, -0.25) is 10.1 Å². The van der Waals surface area contributed by atoms with Crippen molar-refractivity contribution in [2.45, 2.75) is 19.8 Å². The number of pyridine rings is 1. The molecule has 0 radical (unpaired) electrons. The Morgan fingerprint density at radius 3 is 2.76 bits per heavy atom. The summed E-state index contributed by atoms with van der Waals surface area (Å²) < 4.78 is 1.88. The van der Waals surface area contributed by atoms with Crippen LogP contribution in [-0.2, 0) is 6.42 Å². The van der Waals surface area contributed by atoms with Gasteiger partial charge in [-0.25, -0.2) is 9.67 Å². The monoisotopic (exact) mass is 337 g/mol. The van der Waals surface area contributed by atoms with Crippen molar-refractivity contribution in [3.05, 3.63) is 76.2 Å². The smallest absolute Gasteiger partial charge is 0.311 e. The van der Waals surface area contributed by atoms with E-state index in [0.717, 1.165) is 24.2 Å². The SMILES string of the molecule is Cc1nn(-c2ccccc2)cc1CCCNc1ncccc1[N+](=O)[O-]. The summed E-state index contributed by atoms with van der Waals surface area (Å²) in [6, 6.07) is 13.0. The van der Waals surface area contributed by atoms with Crippen molar-refractivity contribution in [3.63, 3.8) is 0 Å². The van der Waals surface area contributed by atoms with Crippen LogP contribution in [0.25, 0.3) is 5.69 Å². The molecule has 0 aliphatic carbocycles. The average Bonchev–Trinajstić information content (AvgIpc) is 3.00. The van der Waals surface area contributed by atoms with E-state index in [1.165, 1.54) is 11.6 Å². The average molecular weight is 337 g/mol. The first kappa shape index (κ1) is 16.6. The van der Waals surface area contributed by atoms with Gasteiger partial charge in [-0.15, -0.1) is 0 Å². The zero-order chi connectivity index (χ0) is 17.6. The van der Waals surface area contributed by atoms with Gasteiger partial charge in [0.1, 0.15) is 0 Å². The molecule has 25 heavy (non-hydrogen) atoms. The fourth-order valence-electron chi connectivity index (χ4n) is 2.62. The van der Waals surface area contributed by atoms with Gasteiger partial charge in [-0.2, -0.15) is 5.10 Å². The summed E-state index contributed by atoms with van der Waals surface area (Å²) in [7, 11) is 0. The molecule has 0 saturated heterocycles. The molecule has 0 atom stereocenters. The maximum absolute atomic E-state index is 11.0. The van der Waals surface area contributed by atoms with Crippen LogP contribution >= 0.6 is 0 Å². The van der Waals surface area contributed by atoms with Gasteiger partial charge in [0.2, 0.25) is 5.82 Å². The minimum Gasteiger partial charge on any atom is -0.364 e. The number of hydrogen-bond acceptors (Lipinski definition) is 5. The minimum absolute atomic E-state index is 0.00409. The Balaban J connectivity index is 1.58. The quantitative estimate of drug-likeness (QED) is 0.405. The van der Waals surface area contributed by atoms with E-state index in [0.29, 0.717) is 12.4 Å². The highest BCUT2D eigenvalue weighted by molar-refractivity contribution is 5.54. The van der Waals surface area contributed by atoms with Crippen LogP contribution in [-0.4, -0.2) is 26.2 Å². The number of hydrogen-bond donors (Lipinski definition) is 1. The lowest BCUT2D eigenvalue weighted by atomic mass is 10.1.